The van der Waals surface area contributed by atoms with Crippen LogP contribution in [-0.2, 0) is 14.8 Å². The number of hydrogen-bond acceptors (Lipinski definition) is 4. The van der Waals surface area contributed by atoms with E-state index >= 15 is 0 Å². The van der Waals surface area contributed by atoms with Gasteiger partial charge in [0.2, 0.25) is 15.9 Å². The largest absolute Gasteiger partial charge is 0.311 e. The van der Waals surface area contributed by atoms with Gasteiger partial charge in [-0.15, -0.1) is 0 Å². The van der Waals surface area contributed by atoms with E-state index in [-0.39, 0.29) is 17.8 Å². The molecule has 0 bridgehead atoms. The van der Waals surface area contributed by atoms with E-state index in [4.69, 9.17) is 0 Å². The van der Waals surface area contributed by atoms with Crippen molar-refractivity contribution in [2.24, 2.45) is 5.92 Å². The number of amides is 1. The molecular formula is C18H26FN3O3S. The molecule has 2 saturated heterocycles. The molecule has 1 unspecified atom stereocenters. The van der Waals surface area contributed by atoms with Gasteiger partial charge in [-0.3, -0.25) is 9.69 Å². The summed E-state index contributed by atoms with van der Waals surface area (Å²) in [5, 5.41) is 0. The van der Waals surface area contributed by atoms with E-state index < -0.39 is 10.0 Å². The molecule has 6 nitrogen and oxygen atoms in total. The molecule has 2 fully saturated rings. The minimum atomic E-state index is -3.16. The van der Waals surface area contributed by atoms with Crippen molar-refractivity contribution in [3.05, 3.63) is 30.1 Å². The molecule has 2 aliphatic rings. The van der Waals surface area contributed by atoms with Crippen molar-refractivity contribution in [3.8, 4) is 0 Å². The highest BCUT2D eigenvalue weighted by molar-refractivity contribution is 7.88. The molecule has 0 spiro atoms. The van der Waals surface area contributed by atoms with Crippen LogP contribution in [0.25, 0.3) is 0 Å². The van der Waals surface area contributed by atoms with Crippen LogP contribution in [0.1, 0.15) is 25.7 Å². The fraction of sp³-hybridized carbons (Fsp3) is 0.611. The number of hydrogen-bond donors (Lipinski definition) is 1. The van der Waals surface area contributed by atoms with Crippen molar-refractivity contribution in [2.45, 2.75) is 31.7 Å². The molecule has 26 heavy (non-hydrogen) atoms. The van der Waals surface area contributed by atoms with Crippen LogP contribution in [0.15, 0.2) is 24.3 Å². The summed E-state index contributed by atoms with van der Waals surface area (Å²) < 4.78 is 38.5. The summed E-state index contributed by atoms with van der Waals surface area (Å²) in [5.74, 6) is 0.00478. The Labute approximate surface area is 154 Å². The lowest BCUT2D eigenvalue weighted by Gasteiger charge is -2.41. The standard InChI is InChI=1S/C18H26FN3O3S/c1-26(24,25)20-13-14-7-10-21(11-8-14)17-6-3-9-22(18(17)23)16-5-2-4-15(19)12-16/h2,4-5,12,14,17,20H,3,6-11,13H2,1H3. The molecule has 1 aromatic carbocycles. The number of nitrogens with zero attached hydrogens (tertiary/aromatic N) is 2. The Bertz CT molecular complexity index is 748. The first kappa shape index (κ1) is 19.3. The molecule has 1 N–H and O–H groups in total. The van der Waals surface area contributed by atoms with Crippen molar-refractivity contribution in [1.29, 1.82) is 0 Å². The first-order chi connectivity index (χ1) is 12.3. The Hall–Kier alpha value is -1.51. The fourth-order valence-corrected chi connectivity index (χ4v) is 4.37. The molecule has 1 atom stereocenters. The number of halogens is 1. The summed E-state index contributed by atoms with van der Waals surface area (Å²) in [6.07, 6.45) is 4.61. The van der Waals surface area contributed by atoms with E-state index in [0.717, 1.165) is 38.8 Å². The van der Waals surface area contributed by atoms with Crippen LogP contribution >= 0.6 is 0 Å². The highest BCUT2D eigenvalue weighted by Crippen LogP contribution is 2.27. The van der Waals surface area contributed by atoms with Gasteiger partial charge in [0.25, 0.3) is 0 Å². The molecule has 3 rings (SSSR count). The van der Waals surface area contributed by atoms with Gasteiger partial charge < -0.3 is 4.90 Å². The summed E-state index contributed by atoms with van der Waals surface area (Å²) >= 11 is 0. The Balaban J connectivity index is 1.59. The molecule has 2 heterocycles. The number of piperidine rings is 2. The van der Waals surface area contributed by atoms with Gasteiger partial charge in [-0.2, -0.15) is 0 Å². The lowest BCUT2D eigenvalue weighted by Crippen LogP contribution is -2.54. The van der Waals surface area contributed by atoms with Crippen molar-refractivity contribution in [1.82, 2.24) is 9.62 Å². The smallest absolute Gasteiger partial charge is 0.244 e. The van der Waals surface area contributed by atoms with Crippen molar-refractivity contribution < 1.29 is 17.6 Å². The predicted molar refractivity (Wildman–Crippen MR) is 98.9 cm³/mol. The Morgan fingerprint density at radius 1 is 1.19 bits per heavy atom. The van der Waals surface area contributed by atoms with Gasteiger partial charge in [0.15, 0.2) is 0 Å². The second-order valence-corrected chi connectivity index (χ2v) is 9.06. The topological polar surface area (TPSA) is 69.7 Å². The molecule has 1 aromatic rings. The lowest BCUT2D eigenvalue weighted by molar-refractivity contribution is -0.126. The Kier molecular flexibility index (Phi) is 5.94. The molecular weight excluding hydrogens is 357 g/mol. The normalized spacial score (nSPS) is 23.4. The molecule has 2 aliphatic heterocycles. The number of carbonyl (C=O) groups excluding carboxylic acids is 1. The second-order valence-electron chi connectivity index (χ2n) is 7.23. The van der Waals surface area contributed by atoms with Crippen LogP contribution in [0.2, 0.25) is 0 Å². The first-order valence-electron chi connectivity index (χ1n) is 9.09. The van der Waals surface area contributed by atoms with Crippen molar-refractivity contribution in [3.63, 3.8) is 0 Å². The summed E-state index contributed by atoms with van der Waals surface area (Å²) in [5.41, 5.74) is 0.618. The van der Waals surface area contributed by atoms with E-state index in [9.17, 15) is 17.6 Å². The lowest BCUT2D eigenvalue weighted by atomic mass is 9.93. The van der Waals surface area contributed by atoms with E-state index in [1.807, 2.05) is 0 Å². The molecule has 144 valence electrons. The van der Waals surface area contributed by atoms with Crippen LogP contribution in [0.5, 0.6) is 0 Å². The molecule has 0 aliphatic carbocycles. The average molecular weight is 383 g/mol. The van der Waals surface area contributed by atoms with Gasteiger partial charge in [0.05, 0.1) is 12.3 Å². The zero-order valence-corrected chi connectivity index (χ0v) is 15.8. The third-order valence-electron chi connectivity index (χ3n) is 5.25. The minimum absolute atomic E-state index is 0.0366. The zero-order chi connectivity index (χ0) is 18.7. The first-order valence-corrected chi connectivity index (χ1v) is 11.0. The quantitative estimate of drug-likeness (QED) is 0.838. The molecule has 0 radical (unpaired) electrons. The van der Waals surface area contributed by atoms with Gasteiger partial charge in [0.1, 0.15) is 5.82 Å². The van der Waals surface area contributed by atoms with E-state index in [1.165, 1.54) is 18.4 Å². The average Bonchev–Trinajstić information content (AvgIpc) is 2.60. The van der Waals surface area contributed by atoms with Gasteiger partial charge in [-0.1, -0.05) is 6.07 Å². The van der Waals surface area contributed by atoms with E-state index in [1.54, 1.807) is 17.0 Å². The summed E-state index contributed by atoms with van der Waals surface area (Å²) in [6, 6.07) is 6.01. The SMILES string of the molecule is CS(=O)(=O)NCC1CCN(C2CCCN(c3cccc(F)c3)C2=O)CC1. The number of rotatable bonds is 5. The van der Waals surface area contributed by atoms with Crippen molar-refractivity contribution in [2.75, 3.05) is 37.3 Å². The number of nitrogens with one attached hydrogen (secondary N) is 1. The van der Waals surface area contributed by atoms with Crippen molar-refractivity contribution >= 4 is 21.6 Å². The maximum Gasteiger partial charge on any atom is 0.244 e. The third kappa shape index (κ3) is 4.81. The summed E-state index contributed by atoms with van der Waals surface area (Å²) in [7, 11) is -3.16. The third-order valence-corrected chi connectivity index (χ3v) is 5.95. The monoisotopic (exact) mass is 383 g/mol. The van der Waals surface area contributed by atoms with Gasteiger partial charge in [-0.05, 0) is 62.9 Å². The van der Waals surface area contributed by atoms with Crippen LogP contribution in [0.3, 0.4) is 0 Å². The maximum absolute atomic E-state index is 13.5. The Morgan fingerprint density at radius 2 is 1.92 bits per heavy atom. The summed E-state index contributed by atoms with van der Waals surface area (Å²) in [6.45, 7) is 2.64. The van der Waals surface area contributed by atoms with Crippen LogP contribution in [0.4, 0.5) is 10.1 Å². The Morgan fingerprint density at radius 3 is 2.58 bits per heavy atom. The molecule has 0 aromatic heterocycles. The number of anilines is 1. The van der Waals surface area contributed by atoms with Gasteiger partial charge in [0, 0.05) is 18.8 Å². The van der Waals surface area contributed by atoms with Crippen LogP contribution in [0, 0.1) is 11.7 Å². The van der Waals surface area contributed by atoms with Gasteiger partial charge in [-0.25, -0.2) is 17.5 Å². The van der Waals surface area contributed by atoms with Crippen LogP contribution < -0.4 is 9.62 Å². The second kappa shape index (κ2) is 8.02. The molecule has 1 amide bonds. The number of likely N-dealkylation sites (tertiary alicyclic amines) is 1. The highest BCUT2D eigenvalue weighted by Gasteiger charge is 2.35. The van der Waals surface area contributed by atoms with E-state index in [0.29, 0.717) is 24.7 Å². The van der Waals surface area contributed by atoms with Gasteiger partial charge >= 0.3 is 0 Å². The number of benzene rings is 1. The maximum atomic E-state index is 13.5. The molecule has 8 heteroatoms. The number of carbonyl (C=O) groups is 1. The fourth-order valence-electron chi connectivity index (χ4n) is 3.83. The highest BCUT2D eigenvalue weighted by atomic mass is 32.2. The summed E-state index contributed by atoms with van der Waals surface area (Å²) in [4.78, 5) is 16.8. The zero-order valence-electron chi connectivity index (χ0n) is 15.0. The number of sulfonamides is 1. The predicted octanol–water partition coefficient (Wildman–Crippen LogP) is 1.58. The van der Waals surface area contributed by atoms with Crippen LogP contribution in [-0.4, -0.2) is 57.7 Å². The minimum Gasteiger partial charge on any atom is -0.311 e. The molecule has 0 saturated carbocycles. The van der Waals surface area contributed by atoms with E-state index in [2.05, 4.69) is 9.62 Å².